The predicted molar refractivity (Wildman–Crippen MR) is 41.9 cm³/mol. The second kappa shape index (κ2) is 3.32. The van der Waals surface area contributed by atoms with Crippen molar-refractivity contribution in [1.82, 2.24) is 4.98 Å². The lowest BCUT2D eigenvalue weighted by Crippen LogP contribution is -2.04. The molecule has 1 aromatic rings. The molecule has 64 valence electrons. The van der Waals surface area contributed by atoms with Crippen molar-refractivity contribution in [2.75, 3.05) is 0 Å². The lowest BCUT2D eigenvalue weighted by atomic mass is 10.1. The average Bonchev–Trinajstić information content (AvgIpc) is 2.04. The van der Waals surface area contributed by atoms with E-state index < -0.39 is 5.97 Å². The maximum absolute atomic E-state index is 10.6. The Bertz CT molecular complexity index is 309. The van der Waals surface area contributed by atoms with E-state index in [1.54, 1.807) is 6.92 Å². The molecule has 0 aliphatic rings. The van der Waals surface area contributed by atoms with Gasteiger partial charge in [0.15, 0.2) is 0 Å². The zero-order chi connectivity index (χ0) is 9.14. The number of carboxylic acids is 1. The van der Waals surface area contributed by atoms with Crippen molar-refractivity contribution in [2.45, 2.75) is 13.5 Å². The number of pyridine rings is 1. The number of hydrogen-bond acceptors (Lipinski definition) is 3. The van der Waals surface area contributed by atoms with Gasteiger partial charge in [0.1, 0.15) is 0 Å². The molecule has 0 amide bonds. The zero-order valence-electron chi connectivity index (χ0n) is 6.61. The molecule has 0 saturated carbocycles. The van der Waals surface area contributed by atoms with Gasteiger partial charge in [0, 0.05) is 6.20 Å². The Labute approximate surface area is 69.5 Å². The summed E-state index contributed by atoms with van der Waals surface area (Å²) in [5, 5.41) is 17.4. The fraction of sp³-hybridized carbons (Fsp3) is 0.250. The molecule has 0 aliphatic heterocycles. The highest BCUT2D eigenvalue weighted by atomic mass is 16.4. The molecule has 0 saturated heterocycles. The Morgan fingerprint density at radius 3 is 2.83 bits per heavy atom. The van der Waals surface area contributed by atoms with Gasteiger partial charge >= 0.3 is 5.97 Å². The predicted octanol–water partition coefficient (Wildman–Crippen LogP) is 0.581. The molecule has 1 heterocycles. The third-order valence-corrected chi connectivity index (χ3v) is 1.69. The summed E-state index contributed by atoms with van der Waals surface area (Å²) < 4.78 is 0. The normalized spacial score (nSPS) is 9.83. The van der Waals surface area contributed by atoms with Crippen LogP contribution in [0.2, 0.25) is 0 Å². The molecule has 4 nitrogen and oxygen atoms in total. The Hall–Kier alpha value is -1.42. The Balaban J connectivity index is 3.23. The molecule has 0 atom stereocenters. The Kier molecular flexibility index (Phi) is 2.40. The van der Waals surface area contributed by atoms with Crippen LogP contribution in [-0.4, -0.2) is 21.2 Å². The number of carbonyl (C=O) groups is 1. The number of nitrogens with zero attached hydrogens (tertiary/aromatic N) is 1. The van der Waals surface area contributed by atoms with Gasteiger partial charge in [0.25, 0.3) is 0 Å². The van der Waals surface area contributed by atoms with Crippen molar-refractivity contribution < 1.29 is 15.0 Å². The molecule has 12 heavy (non-hydrogen) atoms. The van der Waals surface area contributed by atoms with Crippen LogP contribution in [-0.2, 0) is 6.61 Å². The number of aliphatic hydroxyl groups is 1. The lowest BCUT2D eigenvalue weighted by molar-refractivity contribution is 0.0695. The summed E-state index contributed by atoms with van der Waals surface area (Å²) in [5.74, 6) is -0.996. The molecule has 0 aliphatic carbocycles. The van der Waals surface area contributed by atoms with Crippen LogP contribution in [0.15, 0.2) is 12.3 Å². The van der Waals surface area contributed by atoms with E-state index in [4.69, 9.17) is 10.2 Å². The summed E-state index contributed by atoms with van der Waals surface area (Å²) in [5.41, 5.74) is 1.12. The number of hydrogen-bond donors (Lipinski definition) is 2. The van der Waals surface area contributed by atoms with Crippen LogP contribution in [0.3, 0.4) is 0 Å². The summed E-state index contributed by atoms with van der Waals surface area (Å²) >= 11 is 0. The van der Waals surface area contributed by atoms with Gasteiger partial charge < -0.3 is 10.2 Å². The molecule has 0 unspecified atom stereocenters. The van der Waals surface area contributed by atoms with Crippen molar-refractivity contribution >= 4 is 5.97 Å². The fourth-order valence-electron chi connectivity index (χ4n) is 0.970. The third-order valence-electron chi connectivity index (χ3n) is 1.69. The van der Waals surface area contributed by atoms with E-state index >= 15 is 0 Å². The highest BCUT2D eigenvalue weighted by Crippen LogP contribution is 2.10. The number of aromatic nitrogens is 1. The number of rotatable bonds is 2. The van der Waals surface area contributed by atoms with Gasteiger partial charge in [-0.25, -0.2) is 4.79 Å². The summed E-state index contributed by atoms with van der Waals surface area (Å²) in [6.07, 6.45) is 1.38. The largest absolute Gasteiger partial charge is 0.478 e. The maximum Gasteiger partial charge on any atom is 0.336 e. The minimum Gasteiger partial charge on any atom is -0.478 e. The van der Waals surface area contributed by atoms with E-state index in [1.165, 1.54) is 12.3 Å². The fourth-order valence-corrected chi connectivity index (χ4v) is 0.970. The van der Waals surface area contributed by atoms with Crippen LogP contribution in [0.25, 0.3) is 0 Å². The summed E-state index contributed by atoms with van der Waals surface area (Å²) in [6, 6.07) is 1.41. The summed E-state index contributed by atoms with van der Waals surface area (Å²) in [4.78, 5) is 14.4. The van der Waals surface area contributed by atoms with Crippen molar-refractivity contribution in [2.24, 2.45) is 0 Å². The lowest BCUT2D eigenvalue weighted by Gasteiger charge is -2.03. The zero-order valence-corrected chi connectivity index (χ0v) is 6.61. The smallest absolute Gasteiger partial charge is 0.336 e. The Morgan fingerprint density at radius 1 is 1.67 bits per heavy atom. The number of aromatic carboxylic acids is 1. The molecule has 0 fully saturated rings. The summed E-state index contributed by atoms with van der Waals surface area (Å²) in [6.45, 7) is 1.40. The molecule has 0 bridgehead atoms. The van der Waals surface area contributed by atoms with Crippen molar-refractivity contribution in [3.8, 4) is 0 Å². The highest BCUT2D eigenvalue weighted by molar-refractivity contribution is 5.89. The third kappa shape index (κ3) is 1.43. The first kappa shape index (κ1) is 8.67. The first-order chi connectivity index (χ1) is 5.66. The van der Waals surface area contributed by atoms with Crippen LogP contribution < -0.4 is 0 Å². The van der Waals surface area contributed by atoms with Gasteiger partial charge in [-0.1, -0.05) is 0 Å². The Morgan fingerprint density at radius 2 is 2.33 bits per heavy atom. The maximum atomic E-state index is 10.6. The van der Waals surface area contributed by atoms with E-state index in [-0.39, 0.29) is 12.2 Å². The van der Waals surface area contributed by atoms with Gasteiger partial charge in [-0.2, -0.15) is 0 Å². The van der Waals surface area contributed by atoms with Crippen molar-refractivity contribution in [3.63, 3.8) is 0 Å². The van der Waals surface area contributed by atoms with E-state index in [0.29, 0.717) is 11.3 Å². The summed E-state index contributed by atoms with van der Waals surface area (Å²) in [7, 11) is 0. The van der Waals surface area contributed by atoms with Crippen LogP contribution >= 0.6 is 0 Å². The second-order valence-electron chi connectivity index (χ2n) is 2.39. The number of aliphatic hydroxyl groups excluding tert-OH is 1. The number of carboxylic acid groups (broad SMARTS) is 1. The molecule has 2 N–H and O–H groups in total. The highest BCUT2D eigenvalue weighted by Gasteiger charge is 2.09. The van der Waals surface area contributed by atoms with Crippen LogP contribution in [0, 0.1) is 6.92 Å². The second-order valence-corrected chi connectivity index (χ2v) is 2.39. The first-order valence-corrected chi connectivity index (χ1v) is 3.45. The first-order valence-electron chi connectivity index (χ1n) is 3.45. The van der Waals surface area contributed by atoms with E-state index in [2.05, 4.69) is 4.98 Å². The topological polar surface area (TPSA) is 70.4 Å². The van der Waals surface area contributed by atoms with Crippen LogP contribution in [0.5, 0.6) is 0 Å². The molecule has 4 heteroatoms. The molecular weight excluding hydrogens is 158 g/mol. The SMILES string of the molecule is Cc1c(C(=O)O)ccnc1CO. The van der Waals surface area contributed by atoms with Gasteiger partial charge in [-0.3, -0.25) is 4.98 Å². The molecule has 1 aromatic heterocycles. The average molecular weight is 167 g/mol. The van der Waals surface area contributed by atoms with E-state index in [0.717, 1.165) is 0 Å². The van der Waals surface area contributed by atoms with Crippen LogP contribution in [0.4, 0.5) is 0 Å². The van der Waals surface area contributed by atoms with Gasteiger partial charge in [-0.15, -0.1) is 0 Å². The minimum absolute atomic E-state index is 0.189. The van der Waals surface area contributed by atoms with E-state index in [1.807, 2.05) is 0 Å². The van der Waals surface area contributed by atoms with Crippen molar-refractivity contribution in [1.29, 1.82) is 0 Å². The van der Waals surface area contributed by atoms with E-state index in [9.17, 15) is 4.79 Å². The van der Waals surface area contributed by atoms with Crippen molar-refractivity contribution in [3.05, 3.63) is 29.1 Å². The molecule has 0 aromatic carbocycles. The molecule has 0 radical (unpaired) electrons. The minimum atomic E-state index is -0.996. The monoisotopic (exact) mass is 167 g/mol. The quantitative estimate of drug-likeness (QED) is 0.675. The van der Waals surface area contributed by atoms with Gasteiger partial charge in [-0.05, 0) is 18.6 Å². The molecule has 1 rings (SSSR count). The standard InChI is InChI=1S/C8H9NO3/c1-5-6(8(11)12)2-3-9-7(5)4-10/h2-3,10H,4H2,1H3,(H,11,12). The van der Waals surface area contributed by atoms with Crippen LogP contribution in [0.1, 0.15) is 21.6 Å². The van der Waals surface area contributed by atoms with Gasteiger partial charge in [0.05, 0.1) is 17.9 Å². The van der Waals surface area contributed by atoms with Gasteiger partial charge in [0.2, 0.25) is 0 Å². The molecule has 0 spiro atoms. The molecular formula is C8H9NO3.